The van der Waals surface area contributed by atoms with Crippen LogP contribution in [0.2, 0.25) is 5.02 Å². The van der Waals surface area contributed by atoms with Crippen LogP contribution in [0.1, 0.15) is 0 Å². The number of nitrogens with zero attached hydrogens (tertiary/aromatic N) is 2. The third-order valence-electron chi connectivity index (χ3n) is 2.62. The fourth-order valence-electron chi connectivity index (χ4n) is 1.89. The molecule has 0 spiro atoms. The Labute approximate surface area is 92.5 Å². The van der Waals surface area contributed by atoms with Crippen molar-refractivity contribution in [3.63, 3.8) is 0 Å². The number of rotatable bonds is 0. The zero-order valence-electron chi connectivity index (χ0n) is 8.24. The normalized spacial score (nSPS) is 11.3. The maximum absolute atomic E-state index is 5.98. The van der Waals surface area contributed by atoms with Crippen LogP contribution in [0.25, 0.3) is 22.3 Å². The van der Waals surface area contributed by atoms with Gasteiger partial charge in [0.05, 0.1) is 5.52 Å². The number of aryl methyl sites for hydroxylation is 1. The highest BCUT2D eigenvalue weighted by Gasteiger charge is 2.12. The minimum atomic E-state index is 0.753. The van der Waals surface area contributed by atoms with Crippen LogP contribution in [0.4, 0.5) is 0 Å². The lowest BCUT2D eigenvalue weighted by Crippen LogP contribution is -1.94. The number of benzene rings is 1. The van der Waals surface area contributed by atoms with Gasteiger partial charge in [0, 0.05) is 29.2 Å². The van der Waals surface area contributed by atoms with E-state index in [9.17, 15) is 0 Å². The zero-order chi connectivity index (χ0) is 10.4. The molecular formula is C12H9ClN2. The van der Waals surface area contributed by atoms with Gasteiger partial charge in [-0.25, -0.2) is 4.98 Å². The summed E-state index contributed by atoms with van der Waals surface area (Å²) >= 11 is 5.98. The largest absolute Gasteiger partial charge is 0.336 e. The van der Waals surface area contributed by atoms with Gasteiger partial charge in [-0.2, -0.15) is 0 Å². The lowest BCUT2D eigenvalue weighted by Gasteiger charge is -2.03. The molecule has 2 nitrogen and oxygen atoms in total. The van der Waals surface area contributed by atoms with Crippen LogP contribution < -0.4 is 0 Å². The van der Waals surface area contributed by atoms with Crippen molar-refractivity contribution in [1.29, 1.82) is 0 Å². The summed E-state index contributed by atoms with van der Waals surface area (Å²) in [5, 5.41) is 1.87. The van der Waals surface area contributed by atoms with Crippen molar-refractivity contribution in [2.75, 3.05) is 0 Å². The second-order valence-electron chi connectivity index (χ2n) is 3.63. The van der Waals surface area contributed by atoms with E-state index in [2.05, 4.69) is 11.1 Å². The zero-order valence-corrected chi connectivity index (χ0v) is 8.99. The monoisotopic (exact) mass is 216 g/mol. The van der Waals surface area contributed by atoms with Crippen molar-refractivity contribution in [3.05, 3.63) is 41.6 Å². The maximum atomic E-state index is 5.98. The van der Waals surface area contributed by atoms with E-state index in [0.29, 0.717) is 0 Å². The van der Waals surface area contributed by atoms with Gasteiger partial charge in [0.2, 0.25) is 0 Å². The van der Waals surface area contributed by atoms with E-state index in [0.717, 1.165) is 27.3 Å². The Kier molecular flexibility index (Phi) is 1.73. The molecule has 3 rings (SSSR count). The summed E-state index contributed by atoms with van der Waals surface area (Å²) in [5.74, 6) is 0.995. The second kappa shape index (κ2) is 2.97. The minimum absolute atomic E-state index is 0.753. The Morgan fingerprint density at radius 3 is 3.00 bits per heavy atom. The molecule has 2 heterocycles. The first kappa shape index (κ1) is 8.74. The molecule has 0 N–H and O–H groups in total. The van der Waals surface area contributed by atoms with Gasteiger partial charge in [0.1, 0.15) is 5.82 Å². The highest BCUT2D eigenvalue weighted by atomic mass is 35.5. The summed E-state index contributed by atoms with van der Waals surface area (Å²) in [4.78, 5) is 4.56. The van der Waals surface area contributed by atoms with E-state index in [-0.39, 0.29) is 0 Å². The van der Waals surface area contributed by atoms with Crippen molar-refractivity contribution >= 4 is 22.5 Å². The van der Waals surface area contributed by atoms with Crippen molar-refractivity contribution in [2.24, 2.45) is 7.05 Å². The van der Waals surface area contributed by atoms with Gasteiger partial charge in [-0.15, -0.1) is 0 Å². The highest BCUT2D eigenvalue weighted by Crippen LogP contribution is 2.31. The van der Waals surface area contributed by atoms with E-state index in [1.165, 1.54) is 0 Å². The lowest BCUT2D eigenvalue weighted by molar-refractivity contribution is 0.893. The molecule has 2 aliphatic heterocycles. The van der Waals surface area contributed by atoms with Gasteiger partial charge < -0.3 is 4.57 Å². The third kappa shape index (κ3) is 1.22. The average Bonchev–Trinajstić information content (AvgIpc) is 2.58. The molecule has 0 saturated heterocycles. The molecule has 0 atom stereocenters. The quantitative estimate of drug-likeness (QED) is 0.564. The van der Waals surface area contributed by atoms with Crippen LogP contribution in [-0.2, 0) is 7.05 Å². The molecule has 1 aromatic carbocycles. The van der Waals surface area contributed by atoms with Crippen molar-refractivity contribution in [1.82, 2.24) is 9.55 Å². The predicted octanol–water partition coefficient (Wildman–Crippen LogP) is 3.33. The van der Waals surface area contributed by atoms with E-state index in [1.54, 1.807) is 0 Å². The Bertz CT molecular complexity index is 612. The maximum Gasteiger partial charge on any atom is 0.140 e. The molecule has 0 bridgehead atoms. The van der Waals surface area contributed by atoms with Crippen LogP contribution in [-0.4, -0.2) is 9.55 Å². The van der Waals surface area contributed by atoms with Gasteiger partial charge in [-0.1, -0.05) is 11.6 Å². The van der Waals surface area contributed by atoms with Crippen LogP contribution in [0.5, 0.6) is 0 Å². The third-order valence-corrected chi connectivity index (χ3v) is 2.86. The first-order chi connectivity index (χ1) is 7.25. The van der Waals surface area contributed by atoms with Gasteiger partial charge >= 0.3 is 0 Å². The van der Waals surface area contributed by atoms with Gasteiger partial charge in [0.25, 0.3) is 0 Å². The Hall–Kier alpha value is -1.54. The fourth-order valence-corrected chi connectivity index (χ4v) is 2.06. The first-order valence-corrected chi connectivity index (χ1v) is 5.14. The molecule has 0 aliphatic carbocycles. The van der Waals surface area contributed by atoms with E-state index in [4.69, 9.17) is 11.6 Å². The topological polar surface area (TPSA) is 17.8 Å². The van der Waals surface area contributed by atoms with E-state index in [1.807, 2.05) is 42.1 Å². The molecule has 2 aliphatic rings. The van der Waals surface area contributed by atoms with Crippen molar-refractivity contribution in [2.45, 2.75) is 0 Å². The Balaban J connectivity index is 2.50. The average molecular weight is 217 g/mol. The van der Waals surface area contributed by atoms with Crippen LogP contribution >= 0.6 is 11.6 Å². The van der Waals surface area contributed by atoms with Crippen molar-refractivity contribution in [3.8, 4) is 11.4 Å². The molecule has 0 fully saturated rings. The minimum Gasteiger partial charge on any atom is -0.336 e. The summed E-state index contributed by atoms with van der Waals surface area (Å²) < 4.78 is 2.02. The molecule has 3 heteroatoms. The molecule has 0 saturated carbocycles. The predicted molar refractivity (Wildman–Crippen MR) is 62.3 cm³/mol. The van der Waals surface area contributed by atoms with Crippen molar-refractivity contribution < 1.29 is 0 Å². The number of aromatic nitrogens is 2. The van der Waals surface area contributed by atoms with Gasteiger partial charge in [-0.3, -0.25) is 0 Å². The molecule has 0 radical (unpaired) electrons. The summed E-state index contributed by atoms with van der Waals surface area (Å²) in [6, 6.07) is 9.88. The molecule has 0 unspecified atom stereocenters. The fraction of sp³-hybridized carbons (Fsp3) is 0.0833. The summed E-state index contributed by atoms with van der Waals surface area (Å²) in [7, 11) is 2.00. The number of halogens is 1. The number of pyridine rings is 1. The standard InChI is InChI=1S/C12H9ClN2/c1-15-6-2-3-9-10-7-8(13)4-5-11(10)14-12(9)15/h2-7H,1H3. The molecule has 0 aromatic heterocycles. The van der Waals surface area contributed by atoms with Crippen LogP contribution in [0.15, 0.2) is 36.5 Å². The van der Waals surface area contributed by atoms with E-state index >= 15 is 0 Å². The second-order valence-corrected chi connectivity index (χ2v) is 4.07. The smallest absolute Gasteiger partial charge is 0.140 e. The first-order valence-electron chi connectivity index (χ1n) is 4.76. The molecule has 0 amide bonds. The summed E-state index contributed by atoms with van der Waals surface area (Å²) in [6.45, 7) is 0. The number of hydrogen-bond acceptors (Lipinski definition) is 1. The molecule has 15 heavy (non-hydrogen) atoms. The van der Waals surface area contributed by atoms with E-state index < -0.39 is 0 Å². The van der Waals surface area contributed by atoms with Gasteiger partial charge in [0.15, 0.2) is 0 Å². The SMILES string of the molecule is Cn1cccc2c3cc(Cl)ccc3nc1-2. The van der Waals surface area contributed by atoms with Crippen LogP contribution in [0, 0.1) is 0 Å². The van der Waals surface area contributed by atoms with Gasteiger partial charge in [-0.05, 0) is 30.3 Å². The Morgan fingerprint density at radius 1 is 1.27 bits per heavy atom. The molecular weight excluding hydrogens is 208 g/mol. The molecule has 1 aromatic rings. The molecule has 74 valence electrons. The number of fused-ring (bicyclic) bond motifs is 3. The Morgan fingerprint density at radius 2 is 2.13 bits per heavy atom. The summed E-state index contributed by atoms with van der Waals surface area (Å²) in [5.41, 5.74) is 2.15. The number of hydrogen-bond donors (Lipinski definition) is 0. The van der Waals surface area contributed by atoms with Crippen LogP contribution in [0.3, 0.4) is 0 Å². The highest BCUT2D eigenvalue weighted by molar-refractivity contribution is 6.31. The lowest BCUT2D eigenvalue weighted by atomic mass is 10.1. The summed E-state index contributed by atoms with van der Waals surface area (Å²) in [6.07, 6.45) is 2.00.